The Kier molecular flexibility index (Phi) is 12.2. The lowest BCUT2D eigenvalue weighted by molar-refractivity contribution is -0.138. The quantitative estimate of drug-likeness (QED) is 0.191. The Morgan fingerprint density at radius 1 is 0.806 bits per heavy atom. The molecule has 19 heteroatoms. The Morgan fingerprint density at radius 3 is 2.30 bits per heavy atom. The highest BCUT2D eigenvalue weighted by molar-refractivity contribution is 5.97. The maximum absolute atomic E-state index is 13.9. The number of phenols is 2. The number of benzene rings is 2. The van der Waals surface area contributed by atoms with Crippen molar-refractivity contribution in [2.45, 2.75) is 84.1 Å². The Hall–Kier alpha value is -6.73. The number of carbonyl (C=O) groups excluding carboxylic acids is 3. The van der Waals surface area contributed by atoms with Crippen LogP contribution in [-0.4, -0.2) is 141 Å². The van der Waals surface area contributed by atoms with Crippen molar-refractivity contribution in [3.05, 3.63) is 93.7 Å². The van der Waals surface area contributed by atoms with Gasteiger partial charge in [0.15, 0.2) is 11.5 Å². The monoisotopic (exact) mass is 911 g/mol. The smallest absolute Gasteiger partial charge is 0.276 e. The first-order chi connectivity index (χ1) is 32.4. The number of ether oxygens (including phenoxy) is 1. The van der Waals surface area contributed by atoms with Crippen molar-refractivity contribution in [1.82, 2.24) is 54.5 Å². The minimum absolute atomic E-state index is 0.00241. The van der Waals surface area contributed by atoms with Crippen LogP contribution in [0.4, 0.5) is 11.8 Å². The zero-order valence-corrected chi connectivity index (χ0v) is 38.1. The molecule has 5 aliphatic heterocycles. The summed E-state index contributed by atoms with van der Waals surface area (Å²) in [5, 5.41) is 29.5. The summed E-state index contributed by atoms with van der Waals surface area (Å²) in [5.74, 6) is 0.999. The van der Waals surface area contributed by atoms with Gasteiger partial charge in [-0.3, -0.25) is 19.3 Å². The van der Waals surface area contributed by atoms with E-state index >= 15 is 0 Å². The van der Waals surface area contributed by atoms with Crippen LogP contribution in [0.1, 0.15) is 106 Å². The highest BCUT2D eigenvalue weighted by Crippen LogP contribution is 2.36. The number of piperidine rings is 2. The number of aromatic hydroxyl groups is 2. The van der Waals surface area contributed by atoms with Gasteiger partial charge in [-0.2, -0.15) is 0 Å². The minimum atomic E-state index is -0.259. The van der Waals surface area contributed by atoms with E-state index in [2.05, 4.69) is 48.3 Å². The number of fused-ring (bicyclic) bond motifs is 2. The van der Waals surface area contributed by atoms with Crippen LogP contribution in [-0.2, 0) is 42.1 Å². The number of hydrogen-bond donors (Lipinski definition) is 3. The van der Waals surface area contributed by atoms with Gasteiger partial charge in [0.2, 0.25) is 11.9 Å². The number of anilines is 2. The molecule has 0 unspecified atom stereocenters. The Balaban J connectivity index is 0.703. The van der Waals surface area contributed by atoms with Crippen LogP contribution in [0.3, 0.4) is 0 Å². The van der Waals surface area contributed by atoms with Crippen LogP contribution in [0.25, 0.3) is 11.4 Å². The van der Waals surface area contributed by atoms with Crippen molar-refractivity contribution in [3.63, 3.8) is 0 Å². The molecule has 4 N–H and O–H groups in total. The first kappa shape index (κ1) is 44.1. The molecule has 5 aliphatic rings. The molecule has 0 bridgehead atoms. The number of nitrogens with two attached hydrogens (primary N) is 1. The lowest BCUT2D eigenvalue weighted by atomic mass is 9.93. The molecule has 0 saturated carbocycles. The predicted molar refractivity (Wildman–Crippen MR) is 246 cm³/mol. The van der Waals surface area contributed by atoms with Crippen LogP contribution in [0.15, 0.2) is 48.9 Å². The van der Waals surface area contributed by atoms with Gasteiger partial charge in [-0.25, -0.2) is 24.6 Å². The van der Waals surface area contributed by atoms with E-state index in [1.54, 1.807) is 39.1 Å². The van der Waals surface area contributed by atoms with Crippen LogP contribution in [0, 0.1) is 5.92 Å². The standard InChI is InChI=1S/C48H57N13O6/c1-29(2)37-20-38(42(63)21-41(37)62)46(65)60-25-32-4-3-30(19-33(32)26-60)24-56-10-5-31(6-11-56)45(64)58-12-7-35(8-13-58)61-28-40(54-55-61)47(66)59-14-9-36-39(27-59)52-43(34-22-50-48(49)51-23-34)53-44(36)57-15-17-67-18-16-57/h3-4,19-23,28-29,31,35,62-63H,5-18,24-27H2,1-2H3,(H2,49,50,51). The fourth-order valence-electron chi connectivity index (χ4n) is 10.2. The SMILES string of the molecule is CC(C)c1cc(C(=O)N2Cc3ccc(CN4CCC(C(=O)N5CCC(n6cc(C(=O)N7CCc8c(nc(-c9cnc(N)nc9)nc8N8CCOCC8)C7)nn6)CC5)CC4)cc3C2)c(O)cc1O. The number of aromatic nitrogens is 7. The van der Waals surface area contributed by atoms with Crippen molar-refractivity contribution in [3.8, 4) is 22.9 Å². The number of amides is 3. The molecule has 10 rings (SSSR count). The molecule has 2 aromatic carbocycles. The molecular formula is C48H57N13O6. The second kappa shape index (κ2) is 18.5. The van der Waals surface area contributed by atoms with E-state index in [1.807, 2.05) is 18.7 Å². The number of hydrogen-bond acceptors (Lipinski definition) is 15. The third kappa shape index (κ3) is 9.09. The molecule has 67 heavy (non-hydrogen) atoms. The van der Waals surface area contributed by atoms with Crippen molar-refractivity contribution < 1.29 is 29.3 Å². The van der Waals surface area contributed by atoms with Gasteiger partial charge in [-0.15, -0.1) is 5.10 Å². The topological polar surface area (TPSA) is 225 Å². The van der Waals surface area contributed by atoms with E-state index in [0.717, 1.165) is 73.5 Å². The van der Waals surface area contributed by atoms with E-state index in [9.17, 15) is 24.6 Å². The predicted octanol–water partition coefficient (Wildman–Crippen LogP) is 3.91. The first-order valence-corrected chi connectivity index (χ1v) is 23.4. The average molecular weight is 912 g/mol. The zero-order valence-electron chi connectivity index (χ0n) is 38.1. The van der Waals surface area contributed by atoms with E-state index < -0.39 is 0 Å². The number of carbonyl (C=O) groups is 3. The maximum atomic E-state index is 13.9. The van der Waals surface area contributed by atoms with Gasteiger partial charge in [0.1, 0.15) is 17.3 Å². The van der Waals surface area contributed by atoms with Gasteiger partial charge in [0.05, 0.1) is 48.8 Å². The summed E-state index contributed by atoms with van der Waals surface area (Å²) in [6.07, 6.45) is 8.62. The highest BCUT2D eigenvalue weighted by Gasteiger charge is 2.34. The first-order valence-electron chi connectivity index (χ1n) is 23.4. The maximum Gasteiger partial charge on any atom is 0.276 e. The average Bonchev–Trinajstić information content (AvgIpc) is 4.02. The summed E-state index contributed by atoms with van der Waals surface area (Å²) in [4.78, 5) is 69.4. The molecule has 3 saturated heterocycles. The normalized spacial score (nSPS) is 18.4. The van der Waals surface area contributed by atoms with Gasteiger partial charge in [0.25, 0.3) is 11.8 Å². The number of phenolic OH excluding ortho intramolecular Hbond substituents is 2. The molecule has 3 aromatic heterocycles. The lowest BCUT2D eigenvalue weighted by Gasteiger charge is -2.37. The molecule has 350 valence electrons. The fraction of sp³-hybridized carbons (Fsp3) is 0.479. The summed E-state index contributed by atoms with van der Waals surface area (Å²) in [7, 11) is 0. The molecule has 3 fully saturated rings. The van der Waals surface area contributed by atoms with E-state index in [-0.39, 0.29) is 64.3 Å². The van der Waals surface area contributed by atoms with E-state index in [0.29, 0.717) is 88.9 Å². The molecule has 0 spiro atoms. The largest absolute Gasteiger partial charge is 0.508 e. The molecule has 0 aliphatic carbocycles. The van der Waals surface area contributed by atoms with Gasteiger partial charge < -0.3 is 40.3 Å². The summed E-state index contributed by atoms with van der Waals surface area (Å²) < 4.78 is 7.40. The Labute approximate surface area is 388 Å². The van der Waals surface area contributed by atoms with Crippen LogP contribution < -0.4 is 10.6 Å². The van der Waals surface area contributed by atoms with Crippen molar-refractivity contribution in [2.75, 3.05) is 69.7 Å². The molecule has 19 nitrogen and oxygen atoms in total. The summed E-state index contributed by atoms with van der Waals surface area (Å²) >= 11 is 0. The fourth-order valence-corrected chi connectivity index (χ4v) is 10.2. The minimum Gasteiger partial charge on any atom is -0.508 e. The summed E-state index contributed by atoms with van der Waals surface area (Å²) in [6, 6.07) is 9.28. The highest BCUT2D eigenvalue weighted by atomic mass is 16.5. The summed E-state index contributed by atoms with van der Waals surface area (Å²) in [6.45, 7) is 11.9. The van der Waals surface area contributed by atoms with Crippen LogP contribution in [0.5, 0.6) is 11.5 Å². The second-order valence-corrected chi connectivity index (χ2v) is 18.7. The van der Waals surface area contributed by atoms with Crippen LogP contribution in [0.2, 0.25) is 0 Å². The number of rotatable bonds is 9. The lowest BCUT2D eigenvalue weighted by Crippen LogP contribution is -2.45. The van der Waals surface area contributed by atoms with E-state index in [1.165, 1.54) is 11.6 Å². The molecule has 0 radical (unpaired) electrons. The third-order valence-electron chi connectivity index (χ3n) is 14.1. The number of morpholine rings is 1. The molecule has 5 aromatic rings. The molecule has 0 atom stereocenters. The number of nitrogen functional groups attached to an aromatic ring is 1. The molecular weight excluding hydrogens is 855 g/mol. The second-order valence-electron chi connectivity index (χ2n) is 18.7. The Morgan fingerprint density at radius 2 is 1.55 bits per heavy atom. The van der Waals surface area contributed by atoms with Crippen LogP contribution >= 0.6 is 0 Å². The molecule has 3 amide bonds. The van der Waals surface area contributed by atoms with E-state index in [4.69, 9.17) is 20.4 Å². The summed E-state index contributed by atoms with van der Waals surface area (Å²) in [5.41, 5.74) is 12.7. The van der Waals surface area contributed by atoms with Crippen molar-refractivity contribution in [1.29, 1.82) is 0 Å². The van der Waals surface area contributed by atoms with Gasteiger partial charge in [0, 0.05) is 82.3 Å². The third-order valence-corrected chi connectivity index (χ3v) is 14.1. The van der Waals surface area contributed by atoms with Gasteiger partial charge in [-0.1, -0.05) is 37.3 Å². The Bertz CT molecular complexity index is 2670. The van der Waals surface area contributed by atoms with Crippen molar-refractivity contribution >= 4 is 29.5 Å². The zero-order chi connectivity index (χ0) is 46.3. The molecule has 8 heterocycles. The van der Waals surface area contributed by atoms with Crippen molar-refractivity contribution in [2.24, 2.45) is 5.92 Å². The number of likely N-dealkylation sites (tertiary alicyclic amines) is 2. The van der Waals surface area contributed by atoms with Gasteiger partial charge in [-0.05, 0) is 79.4 Å². The number of nitrogens with zero attached hydrogens (tertiary/aromatic N) is 12. The van der Waals surface area contributed by atoms with Gasteiger partial charge >= 0.3 is 0 Å².